The first-order valence-electron chi connectivity index (χ1n) is 6.47. The van der Waals surface area contributed by atoms with Gasteiger partial charge in [-0.05, 0) is 17.7 Å². The van der Waals surface area contributed by atoms with Gasteiger partial charge in [-0.2, -0.15) is 0 Å². The van der Waals surface area contributed by atoms with E-state index in [1.54, 1.807) is 36.4 Å². The molecular formula is C15H11N3O4. The SMILES string of the molecule is O=C(O)[C@H](c1ccccc1)n1c(=O)[nH]c2cccnc2c1=O. The van der Waals surface area contributed by atoms with Crippen LogP contribution in [-0.2, 0) is 4.79 Å². The van der Waals surface area contributed by atoms with Crippen LogP contribution in [0.4, 0.5) is 0 Å². The first-order chi connectivity index (χ1) is 10.6. The number of nitrogens with one attached hydrogen (secondary N) is 1. The molecule has 0 spiro atoms. The van der Waals surface area contributed by atoms with Crippen LogP contribution in [0.2, 0.25) is 0 Å². The third kappa shape index (κ3) is 2.18. The van der Waals surface area contributed by atoms with Crippen LogP contribution in [0.15, 0.2) is 58.3 Å². The van der Waals surface area contributed by atoms with Crippen molar-refractivity contribution in [3.63, 3.8) is 0 Å². The zero-order valence-corrected chi connectivity index (χ0v) is 11.3. The number of aromatic amines is 1. The van der Waals surface area contributed by atoms with E-state index in [1.807, 2.05) is 0 Å². The molecule has 3 aromatic rings. The number of carboxylic acids is 1. The van der Waals surface area contributed by atoms with Crippen LogP contribution < -0.4 is 11.2 Å². The second-order valence-electron chi connectivity index (χ2n) is 4.66. The zero-order chi connectivity index (χ0) is 15.7. The lowest BCUT2D eigenvalue weighted by molar-refractivity contribution is -0.139. The highest BCUT2D eigenvalue weighted by Crippen LogP contribution is 2.15. The fraction of sp³-hybridized carbons (Fsp3) is 0.0667. The molecule has 0 radical (unpaired) electrons. The van der Waals surface area contributed by atoms with Crippen molar-refractivity contribution in [2.45, 2.75) is 6.04 Å². The Hall–Kier alpha value is -3.22. The van der Waals surface area contributed by atoms with E-state index in [9.17, 15) is 19.5 Å². The molecule has 22 heavy (non-hydrogen) atoms. The molecule has 1 aromatic carbocycles. The zero-order valence-electron chi connectivity index (χ0n) is 11.3. The monoisotopic (exact) mass is 297 g/mol. The number of H-pyrrole nitrogens is 1. The largest absolute Gasteiger partial charge is 0.479 e. The maximum atomic E-state index is 12.5. The number of carbonyl (C=O) groups is 1. The maximum Gasteiger partial charge on any atom is 0.331 e. The predicted molar refractivity (Wildman–Crippen MR) is 78.8 cm³/mol. The third-order valence-corrected chi connectivity index (χ3v) is 3.30. The Morgan fingerprint density at radius 1 is 1.14 bits per heavy atom. The maximum absolute atomic E-state index is 12.5. The number of nitrogens with zero attached hydrogens (tertiary/aromatic N) is 2. The molecule has 2 N–H and O–H groups in total. The lowest BCUT2D eigenvalue weighted by Crippen LogP contribution is -2.41. The molecule has 3 rings (SSSR count). The topological polar surface area (TPSA) is 105 Å². The van der Waals surface area contributed by atoms with E-state index in [0.29, 0.717) is 10.1 Å². The van der Waals surface area contributed by atoms with Crippen LogP contribution in [0.5, 0.6) is 0 Å². The Labute approximate surface area is 123 Å². The molecule has 1 atom stereocenters. The van der Waals surface area contributed by atoms with E-state index >= 15 is 0 Å². The van der Waals surface area contributed by atoms with Gasteiger partial charge in [0.1, 0.15) is 0 Å². The summed E-state index contributed by atoms with van der Waals surface area (Å²) in [4.78, 5) is 42.7. The summed E-state index contributed by atoms with van der Waals surface area (Å²) in [6.07, 6.45) is 1.41. The Bertz CT molecular complexity index is 960. The molecule has 0 unspecified atom stereocenters. The molecule has 0 aliphatic carbocycles. The quantitative estimate of drug-likeness (QED) is 0.742. The summed E-state index contributed by atoms with van der Waals surface area (Å²) in [6, 6.07) is 9.80. The second kappa shape index (κ2) is 5.28. The number of carboxylic acid groups (broad SMARTS) is 1. The van der Waals surface area contributed by atoms with Gasteiger partial charge in [-0.15, -0.1) is 0 Å². The number of hydrogen-bond acceptors (Lipinski definition) is 4. The van der Waals surface area contributed by atoms with Gasteiger partial charge in [0.25, 0.3) is 5.56 Å². The van der Waals surface area contributed by atoms with Crippen LogP contribution in [0.25, 0.3) is 11.0 Å². The molecule has 110 valence electrons. The van der Waals surface area contributed by atoms with Crippen LogP contribution >= 0.6 is 0 Å². The van der Waals surface area contributed by atoms with E-state index in [1.165, 1.54) is 12.3 Å². The molecule has 0 aliphatic rings. The minimum Gasteiger partial charge on any atom is -0.479 e. The lowest BCUT2D eigenvalue weighted by Gasteiger charge is -2.15. The summed E-state index contributed by atoms with van der Waals surface area (Å²) in [6.45, 7) is 0. The number of benzene rings is 1. The summed E-state index contributed by atoms with van der Waals surface area (Å²) in [7, 11) is 0. The first-order valence-corrected chi connectivity index (χ1v) is 6.47. The fourth-order valence-corrected chi connectivity index (χ4v) is 2.33. The molecule has 0 saturated heterocycles. The van der Waals surface area contributed by atoms with Gasteiger partial charge in [0.05, 0.1) is 5.52 Å². The van der Waals surface area contributed by atoms with E-state index in [4.69, 9.17) is 0 Å². The van der Waals surface area contributed by atoms with Gasteiger partial charge in [-0.3, -0.25) is 4.79 Å². The number of aromatic nitrogens is 3. The average Bonchev–Trinajstić information content (AvgIpc) is 2.52. The predicted octanol–water partition coefficient (Wildman–Crippen LogP) is 0.759. The lowest BCUT2D eigenvalue weighted by atomic mass is 10.1. The minimum absolute atomic E-state index is 0.0179. The summed E-state index contributed by atoms with van der Waals surface area (Å²) in [5, 5.41) is 9.47. The van der Waals surface area contributed by atoms with Crippen molar-refractivity contribution in [1.82, 2.24) is 14.5 Å². The summed E-state index contributed by atoms with van der Waals surface area (Å²) in [5.41, 5.74) is -0.912. The molecular weight excluding hydrogens is 286 g/mol. The van der Waals surface area contributed by atoms with Crippen molar-refractivity contribution in [3.8, 4) is 0 Å². The normalized spacial score (nSPS) is 12.2. The van der Waals surface area contributed by atoms with Gasteiger partial charge in [0.2, 0.25) is 0 Å². The number of pyridine rings is 1. The van der Waals surface area contributed by atoms with Crippen LogP contribution in [-0.4, -0.2) is 25.6 Å². The van der Waals surface area contributed by atoms with Gasteiger partial charge in [0, 0.05) is 6.20 Å². The van der Waals surface area contributed by atoms with Gasteiger partial charge in [0.15, 0.2) is 11.6 Å². The van der Waals surface area contributed by atoms with Gasteiger partial charge in [-0.1, -0.05) is 30.3 Å². The smallest absolute Gasteiger partial charge is 0.331 e. The van der Waals surface area contributed by atoms with Crippen LogP contribution in [0, 0.1) is 0 Å². The standard InChI is InChI=1S/C15H11N3O4/c19-13-11-10(7-4-8-16-11)17-15(22)18(13)12(14(20)21)9-5-2-1-3-6-9/h1-8,12H,(H,17,22)(H,20,21)/t12-/m0/s1. The Morgan fingerprint density at radius 2 is 1.86 bits per heavy atom. The molecule has 0 aliphatic heterocycles. The Kier molecular flexibility index (Phi) is 3.30. The van der Waals surface area contributed by atoms with E-state index in [-0.39, 0.29) is 11.0 Å². The third-order valence-electron chi connectivity index (χ3n) is 3.30. The van der Waals surface area contributed by atoms with Gasteiger partial charge < -0.3 is 10.1 Å². The summed E-state index contributed by atoms with van der Waals surface area (Å²) >= 11 is 0. The summed E-state index contributed by atoms with van der Waals surface area (Å²) < 4.78 is 0.674. The molecule has 0 saturated carbocycles. The van der Waals surface area contributed by atoms with Crippen molar-refractivity contribution < 1.29 is 9.90 Å². The van der Waals surface area contributed by atoms with Crippen molar-refractivity contribution in [1.29, 1.82) is 0 Å². The highest BCUT2D eigenvalue weighted by atomic mass is 16.4. The number of rotatable bonds is 3. The van der Waals surface area contributed by atoms with Crippen LogP contribution in [0.3, 0.4) is 0 Å². The van der Waals surface area contributed by atoms with Gasteiger partial charge >= 0.3 is 11.7 Å². The van der Waals surface area contributed by atoms with Crippen LogP contribution in [0.1, 0.15) is 11.6 Å². The number of fused-ring (bicyclic) bond motifs is 1. The van der Waals surface area contributed by atoms with Crippen molar-refractivity contribution in [2.75, 3.05) is 0 Å². The highest BCUT2D eigenvalue weighted by molar-refractivity contribution is 5.77. The average molecular weight is 297 g/mol. The number of hydrogen-bond donors (Lipinski definition) is 2. The molecule has 2 aromatic heterocycles. The van der Waals surface area contributed by atoms with Crippen molar-refractivity contribution in [2.24, 2.45) is 0 Å². The molecule has 2 heterocycles. The van der Waals surface area contributed by atoms with Gasteiger partial charge in [-0.25, -0.2) is 19.1 Å². The second-order valence-corrected chi connectivity index (χ2v) is 4.66. The van der Waals surface area contributed by atoms with Crippen molar-refractivity contribution in [3.05, 3.63) is 75.1 Å². The molecule has 0 amide bonds. The van der Waals surface area contributed by atoms with E-state index < -0.39 is 23.3 Å². The molecule has 0 bridgehead atoms. The first kappa shape index (κ1) is 13.7. The minimum atomic E-state index is -1.41. The molecule has 7 heteroatoms. The Morgan fingerprint density at radius 3 is 2.55 bits per heavy atom. The van der Waals surface area contributed by atoms with E-state index in [0.717, 1.165) is 0 Å². The summed E-state index contributed by atoms with van der Waals surface area (Å²) in [5.74, 6) is -1.30. The highest BCUT2D eigenvalue weighted by Gasteiger charge is 2.26. The molecule has 0 fully saturated rings. The van der Waals surface area contributed by atoms with Crippen molar-refractivity contribution >= 4 is 17.0 Å². The van der Waals surface area contributed by atoms with E-state index in [2.05, 4.69) is 9.97 Å². The molecule has 7 nitrogen and oxygen atoms in total. The Balaban J connectivity index is 2.34. The fourth-order valence-electron chi connectivity index (χ4n) is 2.33. The number of aliphatic carboxylic acids is 1.